The maximum Gasteiger partial charge on any atom is 0.322 e. The summed E-state index contributed by atoms with van der Waals surface area (Å²) in [6.07, 6.45) is 1.62. The van der Waals surface area contributed by atoms with E-state index >= 15 is 0 Å². The molecule has 6 heteroatoms. The number of hydrogen-bond donors (Lipinski definition) is 1. The Hall–Kier alpha value is -2.76. The molecule has 0 aliphatic carbocycles. The number of fused-ring (bicyclic) bond motifs is 2. The first kappa shape index (κ1) is 16.7. The lowest BCUT2D eigenvalue weighted by Crippen LogP contribution is -2.41. The van der Waals surface area contributed by atoms with Gasteiger partial charge in [-0.3, -0.25) is 0 Å². The van der Waals surface area contributed by atoms with Crippen molar-refractivity contribution in [2.45, 2.75) is 25.8 Å². The number of urea groups is 1. The fourth-order valence-corrected chi connectivity index (χ4v) is 3.48. The van der Waals surface area contributed by atoms with Crippen LogP contribution >= 0.6 is 0 Å². The number of amides is 2. The van der Waals surface area contributed by atoms with Crippen LogP contribution in [0.25, 0.3) is 0 Å². The molecule has 0 unspecified atom stereocenters. The highest BCUT2D eigenvalue weighted by atomic mass is 19.1. The van der Waals surface area contributed by atoms with E-state index in [0.717, 1.165) is 29.9 Å². The van der Waals surface area contributed by atoms with E-state index < -0.39 is 0 Å². The Kier molecular flexibility index (Phi) is 4.41. The minimum Gasteiger partial charge on any atom is -0.490 e. The van der Waals surface area contributed by atoms with E-state index in [2.05, 4.69) is 5.32 Å². The molecule has 26 heavy (non-hydrogen) atoms. The zero-order valence-corrected chi connectivity index (χ0v) is 14.6. The number of hydrogen-bond acceptors (Lipinski definition) is 3. The molecule has 2 heterocycles. The van der Waals surface area contributed by atoms with Gasteiger partial charge >= 0.3 is 6.03 Å². The van der Waals surface area contributed by atoms with Gasteiger partial charge in [0.25, 0.3) is 0 Å². The van der Waals surface area contributed by atoms with Gasteiger partial charge in [-0.1, -0.05) is 0 Å². The van der Waals surface area contributed by atoms with E-state index in [1.54, 1.807) is 17.0 Å². The van der Waals surface area contributed by atoms with Gasteiger partial charge in [0.15, 0.2) is 11.5 Å². The molecule has 2 aliphatic heterocycles. The third kappa shape index (κ3) is 3.19. The van der Waals surface area contributed by atoms with Gasteiger partial charge in [0, 0.05) is 18.7 Å². The highest BCUT2D eigenvalue weighted by Crippen LogP contribution is 2.39. The van der Waals surface area contributed by atoms with Crippen LogP contribution in [0.3, 0.4) is 0 Å². The zero-order chi connectivity index (χ0) is 18.1. The standard InChI is InChI=1S/C20H21FN2O3/c1-13-17-12-19-18(25-9-2-10-26-19)11-14(17)7-8-23(13)20(24)22-16-5-3-15(21)4-6-16/h3-6,11-13H,2,7-10H2,1H3,(H,22,24)/t13-/m1/s1. The molecule has 2 aliphatic rings. The highest BCUT2D eigenvalue weighted by Gasteiger charge is 2.29. The van der Waals surface area contributed by atoms with Crippen molar-refractivity contribution >= 4 is 11.7 Å². The Bertz CT molecular complexity index is 823. The quantitative estimate of drug-likeness (QED) is 0.836. The number of anilines is 1. The van der Waals surface area contributed by atoms with Crippen molar-refractivity contribution in [2.75, 3.05) is 25.1 Å². The molecule has 0 spiro atoms. The maximum absolute atomic E-state index is 13.0. The lowest BCUT2D eigenvalue weighted by Gasteiger charge is -2.35. The fraction of sp³-hybridized carbons (Fsp3) is 0.350. The third-order valence-electron chi connectivity index (χ3n) is 4.91. The summed E-state index contributed by atoms with van der Waals surface area (Å²) in [5, 5.41) is 2.84. The molecule has 2 aromatic carbocycles. The lowest BCUT2D eigenvalue weighted by molar-refractivity contribution is 0.188. The summed E-state index contributed by atoms with van der Waals surface area (Å²) < 4.78 is 24.6. The molecule has 2 aromatic rings. The fourth-order valence-electron chi connectivity index (χ4n) is 3.48. The summed E-state index contributed by atoms with van der Waals surface area (Å²) in [5.74, 6) is 1.21. The van der Waals surface area contributed by atoms with Crippen LogP contribution in [0.5, 0.6) is 11.5 Å². The second kappa shape index (κ2) is 6.86. The number of carbonyl (C=O) groups excluding carboxylic acids is 1. The van der Waals surface area contributed by atoms with Crippen molar-refractivity contribution in [3.63, 3.8) is 0 Å². The molecule has 5 nitrogen and oxygen atoms in total. The minimum absolute atomic E-state index is 0.0867. The van der Waals surface area contributed by atoms with Crippen LogP contribution in [0.1, 0.15) is 30.5 Å². The second-order valence-electron chi connectivity index (χ2n) is 6.60. The van der Waals surface area contributed by atoms with Crippen LogP contribution in [-0.4, -0.2) is 30.7 Å². The molecule has 0 fully saturated rings. The van der Waals surface area contributed by atoms with Gasteiger partial charge in [-0.15, -0.1) is 0 Å². The first-order valence-corrected chi connectivity index (χ1v) is 8.87. The Morgan fingerprint density at radius 2 is 1.85 bits per heavy atom. The molecule has 1 atom stereocenters. The minimum atomic E-state index is -0.328. The SMILES string of the molecule is C[C@@H]1c2cc3c(cc2CCN1C(=O)Nc1ccc(F)cc1)OCCCO3. The van der Waals surface area contributed by atoms with Gasteiger partial charge in [0.05, 0.1) is 19.3 Å². The second-order valence-corrected chi connectivity index (χ2v) is 6.60. The smallest absolute Gasteiger partial charge is 0.322 e. The molecule has 2 amide bonds. The van der Waals surface area contributed by atoms with Gasteiger partial charge in [0.2, 0.25) is 0 Å². The number of carbonyl (C=O) groups is 1. The predicted molar refractivity (Wildman–Crippen MR) is 96.3 cm³/mol. The molecule has 136 valence electrons. The molecular weight excluding hydrogens is 335 g/mol. The van der Waals surface area contributed by atoms with Crippen LogP contribution < -0.4 is 14.8 Å². The molecule has 0 bridgehead atoms. The van der Waals surface area contributed by atoms with E-state index in [1.165, 1.54) is 17.7 Å². The summed E-state index contributed by atoms with van der Waals surface area (Å²) >= 11 is 0. The predicted octanol–water partition coefficient (Wildman–Crippen LogP) is 4.14. The van der Waals surface area contributed by atoms with E-state index in [0.29, 0.717) is 25.4 Å². The largest absolute Gasteiger partial charge is 0.490 e. The van der Waals surface area contributed by atoms with E-state index in [9.17, 15) is 9.18 Å². The number of halogens is 1. The van der Waals surface area contributed by atoms with Crippen molar-refractivity contribution in [1.82, 2.24) is 4.90 Å². The molecule has 0 aromatic heterocycles. The summed E-state index contributed by atoms with van der Waals surface area (Å²) in [6.45, 7) is 3.91. The summed E-state index contributed by atoms with van der Waals surface area (Å²) in [5.41, 5.74) is 2.84. The van der Waals surface area contributed by atoms with Gasteiger partial charge < -0.3 is 19.7 Å². The van der Waals surface area contributed by atoms with Crippen LogP contribution in [0.2, 0.25) is 0 Å². The molecule has 4 rings (SSSR count). The number of rotatable bonds is 1. The molecule has 0 saturated carbocycles. The van der Waals surface area contributed by atoms with Crippen molar-refractivity contribution in [1.29, 1.82) is 0 Å². The number of nitrogens with one attached hydrogen (secondary N) is 1. The van der Waals surface area contributed by atoms with E-state index in [1.807, 2.05) is 19.1 Å². The van der Waals surface area contributed by atoms with Crippen LogP contribution in [0.15, 0.2) is 36.4 Å². The number of ether oxygens (including phenoxy) is 2. The van der Waals surface area contributed by atoms with Crippen LogP contribution in [-0.2, 0) is 6.42 Å². The first-order chi connectivity index (χ1) is 12.6. The topological polar surface area (TPSA) is 50.8 Å². The Morgan fingerprint density at radius 1 is 1.15 bits per heavy atom. The molecule has 1 N–H and O–H groups in total. The molecular formula is C20H21FN2O3. The summed E-state index contributed by atoms with van der Waals surface area (Å²) in [6, 6.07) is 9.54. The monoisotopic (exact) mass is 356 g/mol. The average molecular weight is 356 g/mol. The third-order valence-corrected chi connectivity index (χ3v) is 4.91. The van der Waals surface area contributed by atoms with Crippen molar-refractivity contribution in [3.8, 4) is 11.5 Å². The van der Waals surface area contributed by atoms with Crippen molar-refractivity contribution < 1.29 is 18.7 Å². The normalized spacial score (nSPS) is 18.7. The average Bonchev–Trinajstić information content (AvgIpc) is 2.87. The Balaban J connectivity index is 1.55. The summed E-state index contributed by atoms with van der Waals surface area (Å²) in [7, 11) is 0. The Morgan fingerprint density at radius 3 is 2.58 bits per heavy atom. The molecule has 0 radical (unpaired) electrons. The number of benzene rings is 2. The van der Waals surface area contributed by atoms with Crippen molar-refractivity contribution in [3.05, 3.63) is 53.3 Å². The Labute approximate surface area is 151 Å². The van der Waals surface area contributed by atoms with Gasteiger partial charge in [-0.05, 0) is 60.9 Å². The van der Waals surface area contributed by atoms with E-state index in [-0.39, 0.29) is 17.9 Å². The van der Waals surface area contributed by atoms with Crippen molar-refractivity contribution in [2.24, 2.45) is 0 Å². The van der Waals surface area contributed by atoms with Gasteiger partial charge in [-0.25, -0.2) is 9.18 Å². The van der Waals surface area contributed by atoms with E-state index in [4.69, 9.17) is 9.47 Å². The maximum atomic E-state index is 13.0. The highest BCUT2D eigenvalue weighted by molar-refractivity contribution is 5.89. The van der Waals surface area contributed by atoms with Crippen LogP contribution in [0.4, 0.5) is 14.9 Å². The molecule has 0 saturated heterocycles. The summed E-state index contributed by atoms with van der Waals surface area (Å²) in [4.78, 5) is 14.5. The first-order valence-electron chi connectivity index (χ1n) is 8.87. The number of nitrogens with zero attached hydrogens (tertiary/aromatic N) is 1. The zero-order valence-electron chi connectivity index (χ0n) is 14.6. The van der Waals surface area contributed by atoms with Gasteiger partial charge in [-0.2, -0.15) is 0 Å². The van der Waals surface area contributed by atoms with Crippen LogP contribution in [0, 0.1) is 5.82 Å². The van der Waals surface area contributed by atoms with Gasteiger partial charge in [0.1, 0.15) is 5.82 Å². The lowest BCUT2D eigenvalue weighted by atomic mass is 9.93.